The number of hydrogen-bond donors (Lipinski definition) is 2. The van der Waals surface area contributed by atoms with Gasteiger partial charge >= 0.3 is 0 Å². The van der Waals surface area contributed by atoms with E-state index in [1.54, 1.807) is 30.4 Å². The van der Waals surface area contributed by atoms with Crippen LogP contribution in [0.4, 0.5) is 0 Å². The molecule has 98 valence electrons. The largest absolute Gasteiger partial charge is 0.457 e. The minimum atomic E-state index is -0.220. The molecular formula is C13H11NO3S2. The fraction of sp³-hybridized carbons (Fsp3) is 0.0769. The summed E-state index contributed by atoms with van der Waals surface area (Å²) in [6, 6.07) is 3.50. The van der Waals surface area contributed by atoms with E-state index < -0.39 is 0 Å². The average molecular weight is 293 g/mol. The van der Waals surface area contributed by atoms with E-state index in [9.17, 15) is 4.79 Å². The number of thioether (sulfide) groups is 1. The molecule has 4 nitrogen and oxygen atoms in total. The summed E-state index contributed by atoms with van der Waals surface area (Å²) in [6.07, 6.45) is 4.81. The van der Waals surface area contributed by atoms with Crippen LogP contribution in [0.5, 0.6) is 0 Å². The molecule has 1 aliphatic heterocycles. The standard InChI is InChI=1S/C13H11NO3S2/c1-2-8(5-6-15)10-4-3-9(17-10)7-11-12(16)14-13(18)19-11/h2-5,7,15H,1,6H2,(H,14,16,18). The van der Waals surface area contributed by atoms with Crippen molar-refractivity contribution in [2.75, 3.05) is 6.61 Å². The van der Waals surface area contributed by atoms with Gasteiger partial charge in [0.05, 0.1) is 11.5 Å². The highest BCUT2D eigenvalue weighted by molar-refractivity contribution is 8.26. The van der Waals surface area contributed by atoms with Crippen LogP contribution < -0.4 is 5.32 Å². The lowest BCUT2D eigenvalue weighted by Crippen LogP contribution is -2.17. The van der Waals surface area contributed by atoms with Gasteiger partial charge in [0.15, 0.2) is 0 Å². The molecule has 0 saturated carbocycles. The third kappa shape index (κ3) is 3.23. The fourth-order valence-electron chi connectivity index (χ4n) is 1.52. The van der Waals surface area contributed by atoms with E-state index in [0.29, 0.717) is 26.3 Å². The molecule has 1 amide bonds. The van der Waals surface area contributed by atoms with Crippen LogP contribution in [-0.4, -0.2) is 21.9 Å². The van der Waals surface area contributed by atoms with Crippen LogP contribution in [0.25, 0.3) is 11.6 Å². The Hall–Kier alpha value is -1.63. The summed E-state index contributed by atoms with van der Waals surface area (Å²) in [4.78, 5) is 12.0. The van der Waals surface area contributed by atoms with E-state index in [-0.39, 0.29) is 12.5 Å². The van der Waals surface area contributed by atoms with E-state index in [1.807, 2.05) is 0 Å². The van der Waals surface area contributed by atoms with Crippen molar-refractivity contribution in [2.45, 2.75) is 0 Å². The molecule has 0 atom stereocenters. The molecule has 0 unspecified atom stereocenters. The number of nitrogens with one attached hydrogen (secondary N) is 1. The van der Waals surface area contributed by atoms with Crippen LogP contribution in [0.2, 0.25) is 0 Å². The molecule has 6 heteroatoms. The van der Waals surface area contributed by atoms with Crippen molar-refractivity contribution in [1.29, 1.82) is 0 Å². The van der Waals surface area contributed by atoms with E-state index >= 15 is 0 Å². The minimum Gasteiger partial charge on any atom is -0.457 e. The molecule has 2 N–H and O–H groups in total. The Bertz CT molecular complexity index is 599. The molecular weight excluding hydrogens is 282 g/mol. The molecule has 19 heavy (non-hydrogen) atoms. The zero-order valence-corrected chi connectivity index (χ0v) is 11.5. The first-order valence-electron chi connectivity index (χ1n) is 5.42. The van der Waals surface area contributed by atoms with Crippen molar-refractivity contribution in [1.82, 2.24) is 5.32 Å². The van der Waals surface area contributed by atoms with E-state index in [1.165, 1.54) is 11.8 Å². The zero-order valence-electron chi connectivity index (χ0n) is 9.88. The molecule has 1 saturated heterocycles. The maximum absolute atomic E-state index is 11.5. The minimum absolute atomic E-state index is 0.0923. The van der Waals surface area contributed by atoms with Crippen LogP contribution in [0.3, 0.4) is 0 Å². The Kier molecular flexibility index (Phi) is 4.36. The predicted octanol–water partition coefficient (Wildman–Crippen LogP) is 2.33. The number of carbonyl (C=O) groups excluding carboxylic acids is 1. The Morgan fingerprint density at radius 3 is 2.95 bits per heavy atom. The molecule has 1 fully saturated rings. The van der Waals surface area contributed by atoms with Crippen LogP contribution in [0.1, 0.15) is 11.5 Å². The van der Waals surface area contributed by atoms with Crippen molar-refractivity contribution < 1.29 is 14.3 Å². The van der Waals surface area contributed by atoms with Gasteiger partial charge in [-0.2, -0.15) is 0 Å². The second kappa shape index (κ2) is 6.01. The molecule has 1 aromatic heterocycles. The molecule has 2 rings (SSSR count). The Morgan fingerprint density at radius 1 is 1.58 bits per heavy atom. The number of carbonyl (C=O) groups is 1. The number of aliphatic hydroxyl groups excluding tert-OH is 1. The van der Waals surface area contributed by atoms with Gasteiger partial charge in [-0.3, -0.25) is 4.79 Å². The van der Waals surface area contributed by atoms with Crippen molar-refractivity contribution in [3.05, 3.63) is 47.3 Å². The molecule has 0 aliphatic carbocycles. The first-order chi connectivity index (χ1) is 9.13. The molecule has 2 heterocycles. The quantitative estimate of drug-likeness (QED) is 0.507. The molecule has 1 aromatic rings. The zero-order chi connectivity index (χ0) is 13.8. The monoisotopic (exact) mass is 293 g/mol. The Labute approximate surface area is 119 Å². The normalized spacial score (nSPS) is 17.9. The van der Waals surface area contributed by atoms with Gasteiger partial charge in [0.2, 0.25) is 0 Å². The van der Waals surface area contributed by atoms with Gasteiger partial charge in [0, 0.05) is 11.6 Å². The Morgan fingerprint density at radius 2 is 2.37 bits per heavy atom. The summed E-state index contributed by atoms with van der Waals surface area (Å²) < 4.78 is 6.01. The summed E-state index contributed by atoms with van der Waals surface area (Å²) in [6.45, 7) is 3.56. The molecule has 0 spiro atoms. The number of rotatable bonds is 4. The van der Waals surface area contributed by atoms with Crippen molar-refractivity contribution in [2.24, 2.45) is 0 Å². The van der Waals surface area contributed by atoms with Crippen LogP contribution in [0.15, 0.2) is 40.2 Å². The summed E-state index contributed by atoms with van der Waals surface area (Å²) >= 11 is 6.10. The molecule has 0 aromatic carbocycles. The van der Waals surface area contributed by atoms with E-state index in [2.05, 4.69) is 11.9 Å². The lowest BCUT2D eigenvalue weighted by molar-refractivity contribution is -0.115. The van der Waals surface area contributed by atoms with E-state index in [4.69, 9.17) is 21.7 Å². The lowest BCUT2D eigenvalue weighted by Gasteiger charge is -1.96. The summed E-state index contributed by atoms with van der Waals surface area (Å²) in [5.41, 5.74) is 0.700. The number of allylic oxidation sites excluding steroid dienone is 2. The molecule has 0 radical (unpaired) electrons. The molecule has 1 aliphatic rings. The number of hydrogen-bond acceptors (Lipinski definition) is 5. The topological polar surface area (TPSA) is 62.5 Å². The van der Waals surface area contributed by atoms with Gasteiger partial charge in [-0.25, -0.2) is 0 Å². The van der Waals surface area contributed by atoms with Gasteiger partial charge in [-0.1, -0.05) is 36.6 Å². The SMILES string of the molecule is C=CC(=CCO)c1ccc(C=C2SC(=S)NC2=O)o1. The number of furan rings is 1. The fourth-order valence-corrected chi connectivity index (χ4v) is 2.54. The highest BCUT2D eigenvalue weighted by Crippen LogP contribution is 2.27. The smallest absolute Gasteiger partial charge is 0.263 e. The lowest BCUT2D eigenvalue weighted by atomic mass is 10.2. The number of aliphatic hydroxyl groups is 1. The van der Waals surface area contributed by atoms with Crippen LogP contribution >= 0.6 is 24.0 Å². The van der Waals surface area contributed by atoms with E-state index in [0.717, 1.165) is 0 Å². The second-order valence-corrected chi connectivity index (χ2v) is 5.32. The van der Waals surface area contributed by atoms with Gasteiger partial charge in [0.25, 0.3) is 5.91 Å². The number of amides is 1. The first-order valence-corrected chi connectivity index (χ1v) is 6.65. The second-order valence-electron chi connectivity index (χ2n) is 3.60. The van der Waals surface area contributed by atoms with Gasteiger partial charge < -0.3 is 14.8 Å². The predicted molar refractivity (Wildman–Crippen MR) is 80.3 cm³/mol. The first kappa shape index (κ1) is 13.8. The summed E-state index contributed by atoms with van der Waals surface area (Å²) in [5.74, 6) is 0.910. The third-order valence-electron chi connectivity index (χ3n) is 2.36. The van der Waals surface area contributed by atoms with Gasteiger partial charge in [-0.15, -0.1) is 0 Å². The molecule has 0 bridgehead atoms. The summed E-state index contributed by atoms with van der Waals surface area (Å²) in [5, 5.41) is 11.4. The average Bonchev–Trinajstić information content (AvgIpc) is 2.94. The summed E-state index contributed by atoms with van der Waals surface area (Å²) in [7, 11) is 0. The number of thiocarbonyl (C=S) groups is 1. The Balaban J connectivity index is 2.25. The van der Waals surface area contributed by atoms with Crippen molar-refractivity contribution in [3.63, 3.8) is 0 Å². The van der Waals surface area contributed by atoms with Crippen molar-refractivity contribution in [3.8, 4) is 0 Å². The highest BCUT2D eigenvalue weighted by Gasteiger charge is 2.22. The van der Waals surface area contributed by atoms with Gasteiger partial charge in [-0.05, 0) is 18.2 Å². The van der Waals surface area contributed by atoms with Gasteiger partial charge in [0.1, 0.15) is 15.8 Å². The maximum atomic E-state index is 11.5. The van der Waals surface area contributed by atoms with Crippen LogP contribution in [0, 0.1) is 0 Å². The highest BCUT2D eigenvalue weighted by atomic mass is 32.2. The van der Waals surface area contributed by atoms with Crippen molar-refractivity contribution >= 4 is 45.9 Å². The third-order valence-corrected chi connectivity index (χ3v) is 3.52. The van der Waals surface area contributed by atoms with Crippen LogP contribution in [-0.2, 0) is 4.79 Å². The maximum Gasteiger partial charge on any atom is 0.263 e.